The number of amides is 1. The summed E-state index contributed by atoms with van der Waals surface area (Å²) in [4.78, 5) is 42.7. The number of aromatic nitrogens is 2. The molecule has 2 aromatic heterocycles. The van der Waals surface area contributed by atoms with E-state index in [9.17, 15) is 9.59 Å². The van der Waals surface area contributed by atoms with Crippen LogP contribution in [0.2, 0.25) is 0 Å². The number of carbonyl (C=O) groups excluding carboxylic acids is 2. The van der Waals surface area contributed by atoms with Crippen molar-refractivity contribution < 1.29 is 18.8 Å². The van der Waals surface area contributed by atoms with Gasteiger partial charge in [0.05, 0.1) is 11.7 Å². The standard InChI is InChI=1S/C33H41N5O4.H2S/c1-3-25(39)7-5-4-6-8-28(36-31(40)29-20-33(42-37-29)15-17-38(2)18-16-33)32-34-21-30(41-32)24-12-14-27-23(19-24)11-13-26(35-27)22-9-10-22;/h11-14,19,21-22,28H,3-10,15-18,20H2,1-2H3,(H,36,40);1H2/t28-;/m0./s1. The predicted octanol–water partition coefficient (Wildman–Crippen LogP) is 6.21. The average molecular weight is 606 g/mol. The lowest BCUT2D eigenvalue weighted by Gasteiger charge is -2.35. The number of oxazole rings is 1. The van der Waals surface area contributed by atoms with Crippen LogP contribution in [-0.2, 0) is 14.4 Å². The van der Waals surface area contributed by atoms with E-state index in [1.165, 1.54) is 18.5 Å². The summed E-state index contributed by atoms with van der Waals surface area (Å²) in [6, 6.07) is 9.97. The molecule has 1 aromatic carbocycles. The molecule has 2 fully saturated rings. The number of unbranched alkanes of at least 4 members (excludes halogenated alkanes) is 2. The van der Waals surface area contributed by atoms with Crippen molar-refractivity contribution in [3.8, 4) is 11.3 Å². The Labute approximate surface area is 260 Å². The van der Waals surface area contributed by atoms with E-state index in [-0.39, 0.29) is 30.8 Å². The van der Waals surface area contributed by atoms with Crippen molar-refractivity contribution in [2.24, 2.45) is 5.16 Å². The molecule has 6 rings (SSSR count). The highest BCUT2D eigenvalue weighted by Crippen LogP contribution is 2.40. The van der Waals surface area contributed by atoms with E-state index >= 15 is 0 Å². The first kappa shape index (κ1) is 31.2. The zero-order valence-corrected chi connectivity index (χ0v) is 26.2. The number of nitrogens with zero attached hydrogens (tertiary/aromatic N) is 4. The van der Waals surface area contributed by atoms with E-state index in [2.05, 4.69) is 45.6 Å². The van der Waals surface area contributed by atoms with Gasteiger partial charge in [0.15, 0.2) is 5.76 Å². The minimum absolute atomic E-state index is 0. The minimum Gasteiger partial charge on any atom is -0.438 e. The molecule has 1 amide bonds. The molecule has 230 valence electrons. The number of pyridine rings is 1. The van der Waals surface area contributed by atoms with Crippen molar-refractivity contribution in [3.05, 3.63) is 48.1 Å². The Morgan fingerprint density at radius 2 is 1.93 bits per heavy atom. The lowest BCUT2D eigenvalue weighted by Crippen LogP contribution is -2.44. The van der Waals surface area contributed by atoms with Gasteiger partial charge in [-0.1, -0.05) is 31.0 Å². The number of carbonyl (C=O) groups is 2. The number of likely N-dealkylation sites (tertiary alicyclic amines) is 1. The summed E-state index contributed by atoms with van der Waals surface area (Å²) < 4.78 is 6.27. The second kappa shape index (κ2) is 13.6. The number of hydrogen-bond acceptors (Lipinski definition) is 8. The summed E-state index contributed by atoms with van der Waals surface area (Å²) in [7, 11) is 2.10. The molecule has 4 heterocycles. The maximum absolute atomic E-state index is 13.4. The van der Waals surface area contributed by atoms with E-state index in [1.54, 1.807) is 6.20 Å². The van der Waals surface area contributed by atoms with Crippen molar-refractivity contribution in [1.82, 2.24) is 20.2 Å². The van der Waals surface area contributed by atoms with Crippen molar-refractivity contribution in [2.45, 2.75) is 95.1 Å². The average Bonchev–Trinajstić information content (AvgIpc) is 3.60. The minimum atomic E-state index is -0.409. The highest BCUT2D eigenvalue weighted by molar-refractivity contribution is 7.59. The predicted molar refractivity (Wildman–Crippen MR) is 171 cm³/mol. The third-order valence-electron chi connectivity index (χ3n) is 8.96. The van der Waals surface area contributed by atoms with Crippen LogP contribution in [0.25, 0.3) is 22.2 Å². The van der Waals surface area contributed by atoms with Crippen LogP contribution in [0.1, 0.15) is 101 Å². The summed E-state index contributed by atoms with van der Waals surface area (Å²) in [5.41, 5.74) is 3.13. The first-order valence-electron chi connectivity index (χ1n) is 15.5. The molecule has 10 heteroatoms. The lowest BCUT2D eigenvalue weighted by atomic mass is 9.87. The van der Waals surface area contributed by atoms with Gasteiger partial charge in [-0.3, -0.25) is 14.6 Å². The van der Waals surface area contributed by atoms with Crippen molar-refractivity contribution in [1.29, 1.82) is 0 Å². The van der Waals surface area contributed by atoms with E-state index in [1.807, 2.05) is 19.1 Å². The van der Waals surface area contributed by atoms with Gasteiger partial charge >= 0.3 is 0 Å². The van der Waals surface area contributed by atoms with Gasteiger partial charge in [-0.05, 0) is 57.0 Å². The summed E-state index contributed by atoms with van der Waals surface area (Å²) in [6.07, 6.45) is 10.8. The number of rotatable bonds is 12. The van der Waals surface area contributed by atoms with Crippen LogP contribution in [0, 0.1) is 0 Å². The molecule has 0 bridgehead atoms. The number of ketones is 1. The highest BCUT2D eigenvalue weighted by atomic mass is 32.1. The molecule has 1 saturated heterocycles. The third-order valence-corrected chi connectivity index (χ3v) is 8.96. The van der Waals surface area contributed by atoms with Crippen molar-refractivity contribution in [2.75, 3.05) is 20.1 Å². The fourth-order valence-electron chi connectivity index (χ4n) is 5.94. The molecule has 3 aromatic rings. The van der Waals surface area contributed by atoms with Gasteiger partial charge < -0.3 is 19.5 Å². The van der Waals surface area contributed by atoms with Gasteiger partial charge in [0.25, 0.3) is 5.91 Å². The molecular formula is C33H43N5O4S. The molecule has 2 aliphatic heterocycles. The SMILES string of the molecule is CCC(=O)CCCCC[C@H](NC(=O)C1=NOC2(CCN(C)CC2)C1)c1ncc(-c2ccc3nc(C4CC4)ccc3c2)o1.S. The molecular weight excluding hydrogens is 562 g/mol. The number of Topliss-reactive ketones (excluding diaryl/α,β-unsaturated/α-hetero) is 1. The van der Waals surface area contributed by atoms with Gasteiger partial charge in [0.1, 0.15) is 23.1 Å². The maximum atomic E-state index is 13.4. The zero-order chi connectivity index (χ0) is 29.1. The lowest BCUT2D eigenvalue weighted by molar-refractivity contribution is -0.119. The molecule has 1 spiro atoms. The van der Waals surface area contributed by atoms with Gasteiger partial charge in [0, 0.05) is 67.8 Å². The molecule has 9 nitrogen and oxygen atoms in total. The fourth-order valence-corrected chi connectivity index (χ4v) is 5.94. The molecule has 0 unspecified atom stereocenters. The molecule has 43 heavy (non-hydrogen) atoms. The van der Waals surface area contributed by atoms with Crippen molar-refractivity contribution in [3.63, 3.8) is 0 Å². The summed E-state index contributed by atoms with van der Waals surface area (Å²) >= 11 is 0. The number of piperidine rings is 1. The Balaban J connectivity index is 0.00000368. The second-order valence-corrected chi connectivity index (χ2v) is 12.3. The molecule has 1 N–H and O–H groups in total. The monoisotopic (exact) mass is 605 g/mol. The van der Waals surface area contributed by atoms with E-state index in [0.717, 1.165) is 61.7 Å². The van der Waals surface area contributed by atoms with Gasteiger partial charge in [-0.15, -0.1) is 0 Å². The molecule has 1 aliphatic carbocycles. The number of oxime groups is 1. The topological polar surface area (TPSA) is 110 Å². The Bertz CT molecular complexity index is 1470. The quantitative estimate of drug-likeness (QED) is 0.245. The number of hydrogen-bond donors (Lipinski definition) is 1. The normalized spacial score (nSPS) is 18.6. The second-order valence-electron chi connectivity index (χ2n) is 12.3. The van der Waals surface area contributed by atoms with Crippen LogP contribution in [0.3, 0.4) is 0 Å². The molecule has 1 saturated carbocycles. The first-order chi connectivity index (χ1) is 20.4. The molecule has 1 atom stereocenters. The third kappa shape index (κ3) is 7.47. The number of nitrogens with one attached hydrogen (secondary N) is 1. The summed E-state index contributed by atoms with van der Waals surface area (Å²) in [6.45, 7) is 3.76. The zero-order valence-electron chi connectivity index (χ0n) is 25.2. The van der Waals surface area contributed by atoms with Crippen LogP contribution in [-0.4, -0.2) is 58.0 Å². The van der Waals surface area contributed by atoms with E-state index < -0.39 is 6.04 Å². The highest BCUT2D eigenvalue weighted by Gasteiger charge is 2.43. The Hall–Kier alpha value is -3.24. The van der Waals surface area contributed by atoms with Gasteiger partial charge in [0.2, 0.25) is 5.89 Å². The van der Waals surface area contributed by atoms with Crippen LogP contribution in [0.5, 0.6) is 0 Å². The molecule has 0 radical (unpaired) electrons. The Morgan fingerprint density at radius 3 is 2.70 bits per heavy atom. The number of fused-ring (bicyclic) bond motifs is 1. The van der Waals surface area contributed by atoms with Gasteiger partial charge in [-0.25, -0.2) is 4.98 Å². The van der Waals surface area contributed by atoms with Crippen LogP contribution in [0.4, 0.5) is 0 Å². The first-order valence-corrected chi connectivity index (χ1v) is 15.5. The van der Waals surface area contributed by atoms with Crippen LogP contribution >= 0.6 is 13.5 Å². The number of benzene rings is 1. The fraction of sp³-hybridized carbons (Fsp3) is 0.545. The summed E-state index contributed by atoms with van der Waals surface area (Å²) in [5.74, 6) is 1.78. The van der Waals surface area contributed by atoms with Crippen LogP contribution in [0.15, 0.2) is 46.1 Å². The smallest absolute Gasteiger partial charge is 0.269 e. The maximum Gasteiger partial charge on any atom is 0.269 e. The Kier molecular flexibility index (Phi) is 9.86. The summed E-state index contributed by atoms with van der Waals surface area (Å²) in [5, 5.41) is 8.42. The van der Waals surface area contributed by atoms with Crippen molar-refractivity contribution >= 4 is 41.8 Å². The van der Waals surface area contributed by atoms with E-state index in [0.29, 0.717) is 49.0 Å². The molecule has 3 aliphatic rings. The van der Waals surface area contributed by atoms with Gasteiger partial charge in [-0.2, -0.15) is 13.5 Å². The van der Waals surface area contributed by atoms with E-state index in [4.69, 9.17) is 14.2 Å². The Morgan fingerprint density at radius 1 is 1.12 bits per heavy atom. The largest absolute Gasteiger partial charge is 0.438 e. The van der Waals surface area contributed by atoms with Crippen LogP contribution < -0.4 is 5.32 Å².